The number of nitrogens with one attached hydrogen (secondary N) is 1. The molecule has 1 heterocycles. The molecule has 1 aromatic heterocycles. The van der Waals surface area contributed by atoms with Crippen LogP contribution in [0.3, 0.4) is 0 Å². The summed E-state index contributed by atoms with van der Waals surface area (Å²) in [5, 5.41) is 8.68. The largest absolute Gasteiger partial charge is 0.383 e. The Morgan fingerprint density at radius 3 is 2.25 bits per heavy atom. The number of hydrogen-bond acceptors (Lipinski definition) is 3. The molecule has 3 nitrogen and oxygen atoms in total. The molecule has 106 valence electrons. The lowest BCUT2D eigenvalue weighted by Gasteiger charge is -2.16. The standard InChI is InChI=1S/C16H21N3S/c1-5-10-6-8-11(9-7-10)15-19-13(16(2,3)4)12(20-15)14(17)18/h6-9H,5H2,1-4H3,(H3,17,18). The number of nitrogens with two attached hydrogens (primary N) is 1. The van der Waals surface area contributed by atoms with Crippen molar-refractivity contribution in [2.75, 3.05) is 0 Å². The van der Waals surface area contributed by atoms with Gasteiger partial charge in [0, 0.05) is 11.0 Å². The lowest BCUT2D eigenvalue weighted by molar-refractivity contribution is 0.572. The molecule has 20 heavy (non-hydrogen) atoms. The molecule has 4 heteroatoms. The summed E-state index contributed by atoms with van der Waals surface area (Å²) >= 11 is 1.50. The number of aromatic nitrogens is 1. The molecule has 0 saturated heterocycles. The van der Waals surface area contributed by atoms with Crippen molar-refractivity contribution >= 4 is 17.2 Å². The minimum Gasteiger partial charge on any atom is -0.383 e. The maximum absolute atomic E-state index is 7.74. The Balaban J connectivity index is 2.50. The van der Waals surface area contributed by atoms with Crippen molar-refractivity contribution in [3.63, 3.8) is 0 Å². The Morgan fingerprint density at radius 1 is 1.25 bits per heavy atom. The highest BCUT2D eigenvalue weighted by Gasteiger charge is 2.25. The van der Waals surface area contributed by atoms with E-state index in [0.717, 1.165) is 27.6 Å². The summed E-state index contributed by atoms with van der Waals surface area (Å²) < 4.78 is 0. The Morgan fingerprint density at radius 2 is 1.85 bits per heavy atom. The smallest absolute Gasteiger partial charge is 0.135 e. The molecular weight excluding hydrogens is 266 g/mol. The number of hydrogen-bond donors (Lipinski definition) is 2. The fraction of sp³-hybridized carbons (Fsp3) is 0.375. The summed E-state index contributed by atoms with van der Waals surface area (Å²) in [7, 11) is 0. The van der Waals surface area contributed by atoms with Crippen LogP contribution in [-0.2, 0) is 11.8 Å². The summed E-state index contributed by atoms with van der Waals surface area (Å²) in [6.45, 7) is 8.43. The van der Waals surface area contributed by atoms with Crippen LogP contribution in [0.1, 0.15) is 43.8 Å². The second-order valence-corrected chi connectivity index (χ2v) is 6.91. The van der Waals surface area contributed by atoms with Crippen LogP contribution in [0.2, 0.25) is 0 Å². The van der Waals surface area contributed by atoms with Crippen LogP contribution in [0.5, 0.6) is 0 Å². The first-order valence-corrected chi connectivity index (χ1v) is 7.59. The van der Waals surface area contributed by atoms with Gasteiger partial charge in [0.2, 0.25) is 0 Å². The number of benzene rings is 1. The quantitative estimate of drug-likeness (QED) is 0.663. The van der Waals surface area contributed by atoms with E-state index >= 15 is 0 Å². The minimum absolute atomic E-state index is 0.101. The Bertz CT molecular complexity index is 618. The van der Waals surface area contributed by atoms with Crippen LogP contribution in [0.25, 0.3) is 10.6 Å². The molecule has 0 unspecified atom stereocenters. The average Bonchev–Trinajstić information content (AvgIpc) is 2.84. The predicted molar refractivity (Wildman–Crippen MR) is 86.6 cm³/mol. The topological polar surface area (TPSA) is 62.8 Å². The van der Waals surface area contributed by atoms with Crippen molar-refractivity contribution in [2.45, 2.75) is 39.5 Å². The Labute approximate surface area is 124 Å². The first-order chi connectivity index (χ1) is 9.32. The predicted octanol–water partition coefficient (Wildman–Crippen LogP) is 3.95. The van der Waals surface area contributed by atoms with Crippen LogP contribution in [0, 0.1) is 5.41 Å². The van der Waals surface area contributed by atoms with Gasteiger partial charge in [0.05, 0.1) is 10.6 Å². The average molecular weight is 287 g/mol. The van der Waals surface area contributed by atoms with E-state index in [0.29, 0.717) is 0 Å². The van der Waals surface area contributed by atoms with E-state index in [2.05, 4.69) is 52.0 Å². The van der Waals surface area contributed by atoms with Gasteiger partial charge >= 0.3 is 0 Å². The van der Waals surface area contributed by atoms with Gasteiger partial charge in [-0.15, -0.1) is 11.3 Å². The van der Waals surface area contributed by atoms with E-state index in [4.69, 9.17) is 16.1 Å². The molecule has 0 saturated carbocycles. The van der Waals surface area contributed by atoms with Gasteiger partial charge in [0.1, 0.15) is 10.8 Å². The molecule has 0 spiro atoms. The van der Waals surface area contributed by atoms with Gasteiger partial charge in [-0.1, -0.05) is 52.0 Å². The van der Waals surface area contributed by atoms with Crippen molar-refractivity contribution in [2.24, 2.45) is 5.73 Å². The second-order valence-electron chi connectivity index (χ2n) is 5.91. The molecule has 2 rings (SSSR count). The molecule has 0 atom stereocenters. The molecule has 0 radical (unpaired) electrons. The fourth-order valence-electron chi connectivity index (χ4n) is 2.02. The van der Waals surface area contributed by atoms with Gasteiger partial charge in [-0.2, -0.15) is 0 Å². The van der Waals surface area contributed by atoms with E-state index in [1.807, 2.05) is 0 Å². The van der Waals surface area contributed by atoms with Gasteiger partial charge < -0.3 is 5.73 Å². The minimum atomic E-state index is -0.112. The molecule has 0 fully saturated rings. The maximum Gasteiger partial charge on any atom is 0.135 e. The van der Waals surface area contributed by atoms with Crippen molar-refractivity contribution in [1.29, 1.82) is 5.41 Å². The summed E-state index contributed by atoms with van der Waals surface area (Å²) in [6, 6.07) is 8.43. The molecule has 0 aliphatic carbocycles. The number of nitrogens with zero attached hydrogens (tertiary/aromatic N) is 1. The third kappa shape index (κ3) is 2.90. The van der Waals surface area contributed by atoms with E-state index in [1.165, 1.54) is 16.9 Å². The van der Waals surface area contributed by atoms with E-state index in [-0.39, 0.29) is 11.3 Å². The number of thiazole rings is 1. The summed E-state index contributed by atoms with van der Waals surface area (Å²) in [6.07, 6.45) is 1.03. The van der Waals surface area contributed by atoms with E-state index in [9.17, 15) is 0 Å². The monoisotopic (exact) mass is 287 g/mol. The van der Waals surface area contributed by atoms with Crippen LogP contribution in [-0.4, -0.2) is 10.8 Å². The number of nitrogen functional groups attached to an aromatic ring is 1. The van der Waals surface area contributed by atoms with Gasteiger partial charge in [-0.3, -0.25) is 5.41 Å². The molecule has 3 N–H and O–H groups in total. The Kier molecular flexibility index (Phi) is 3.95. The lowest BCUT2D eigenvalue weighted by Crippen LogP contribution is -2.19. The molecule has 0 aliphatic rings. The SMILES string of the molecule is CCc1ccc(-c2nc(C(C)(C)C)c(C(=N)N)s2)cc1. The van der Waals surface area contributed by atoms with E-state index < -0.39 is 0 Å². The van der Waals surface area contributed by atoms with Crippen LogP contribution in [0.4, 0.5) is 0 Å². The normalized spacial score (nSPS) is 11.6. The highest BCUT2D eigenvalue weighted by Crippen LogP contribution is 2.34. The highest BCUT2D eigenvalue weighted by molar-refractivity contribution is 7.17. The summed E-state index contributed by atoms with van der Waals surface area (Å²) in [5.41, 5.74) is 8.90. The molecule has 0 amide bonds. The van der Waals surface area contributed by atoms with Crippen molar-refractivity contribution in [3.8, 4) is 10.6 Å². The van der Waals surface area contributed by atoms with Gasteiger partial charge in [0.25, 0.3) is 0 Å². The third-order valence-electron chi connectivity index (χ3n) is 3.19. The first kappa shape index (κ1) is 14.7. The number of amidine groups is 1. The van der Waals surface area contributed by atoms with Crippen molar-refractivity contribution in [3.05, 3.63) is 40.4 Å². The van der Waals surface area contributed by atoms with Crippen LogP contribution in [0.15, 0.2) is 24.3 Å². The van der Waals surface area contributed by atoms with E-state index in [1.54, 1.807) is 0 Å². The second kappa shape index (κ2) is 5.37. The first-order valence-electron chi connectivity index (χ1n) is 6.78. The molecule has 1 aromatic carbocycles. The van der Waals surface area contributed by atoms with Crippen molar-refractivity contribution < 1.29 is 0 Å². The third-order valence-corrected chi connectivity index (χ3v) is 4.33. The lowest BCUT2D eigenvalue weighted by atomic mass is 9.91. The molecule has 2 aromatic rings. The van der Waals surface area contributed by atoms with Crippen LogP contribution >= 0.6 is 11.3 Å². The van der Waals surface area contributed by atoms with Gasteiger partial charge in [0.15, 0.2) is 0 Å². The fourth-order valence-corrected chi connectivity index (χ4v) is 3.16. The summed E-state index contributed by atoms with van der Waals surface area (Å²) in [5.74, 6) is 0.101. The Hall–Kier alpha value is -1.68. The van der Waals surface area contributed by atoms with Gasteiger partial charge in [-0.25, -0.2) is 4.98 Å². The van der Waals surface area contributed by atoms with Gasteiger partial charge in [-0.05, 0) is 12.0 Å². The number of rotatable bonds is 3. The zero-order valence-electron chi connectivity index (χ0n) is 12.4. The zero-order valence-corrected chi connectivity index (χ0v) is 13.3. The van der Waals surface area contributed by atoms with Crippen molar-refractivity contribution in [1.82, 2.24) is 4.98 Å². The summed E-state index contributed by atoms with van der Waals surface area (Å²) in [4.78, 5) is 5.51. The number of aryl methyl sites for hydroxylation is 1. The molecule has 0 bridgehead atoms. The molecule has 0 aliphatic heterocycles. The van der Waals surface area contributed by atoms with Crippen LogP contribution < -0.4 is 5.73 Å². The molecular formula is C16H21N3S. The zero-order chi connectivity index (χ0) is 14.9. The maximum atomic E-state index is 7.74. The highest BCUT2D eigenvalue weighted by atomic mass is 32.1.